The Morgan fingerprint density at radius 2 is 1.60 bits per heavy atom. The van der Waals surface area contributed by atoms with Crippen molar-refractivity contribution in [2.45, 2.75) is 51.9 Å². The molecule has 0 heterocycles. The van der Waals surface area contributed by atoms with Crippen molar-refractivity contribution in [3.63, 3.8) is 0 Å². The first-order valence-corrected chi connectivity index (χ1v) is 6.46. The zero-order chi connectivity index (χ0) is 10.5. The van der Waals surface area contributed by atoms with Gasteiger partial charge in [-0.1, -0.05) is 56.9 Å². The van der Waals surface area contributed by atoms with E-state index in [2.05, 4.69) is 31.2 Å². The predicted molar refractivity (Wildman–Crippen MR) is 66.1 cm³/mol. The molecule has 0 atom stereocenters. The lowest BCUT2D eigenvalue weighted by Gasteiger charge is -2.08. The van der Waals surface area contributed by atoms with Gasteiger partial charge in [-0.2, -0.15) is 0 Å². The third-order valence-electron chi connectivity index (χ3n) is 3.75. The second kappa shape index (κ2) is 5.34. The number of hydrogen-bond donors (Lipinski definition) is 0. The van der Waals surface area contributed by atoms with E-state index >= 15 is 0 Å². The summed E-state index contributed by atoms with van der Waals surface area (Å²) in [5.74, 6) is 1.02. The van der Waals surface area contributed by atoms with Gasteiger partial charge in [0, 0.05) is 0 Å². The Kier molecular flexibility index (Phi) is 3.82. The van der Waals surface area contributed by atoms with Crippen LogP contribution in [0.15, 0.2) is 24.3 Å². The molecule has 1 fully saturated rings. The van der Waals surface area contributed by atoms with Crippen LogP contribution >= 0.6 is 0 Å². The largest absolute Gasteiger partial charge is 0.0613 e. The van der Waals surface area contributed by atoms with Crippen LogP contribution < -0.4 is 0 Å². The fourth-order valence-corrected chi connectivity index (χ4v) is 2.61. The molecule has 0 bridgehead atoms. The summed E-state index contributed by atoms with van der Waals surface area (Å²) in [5.41, 5.74) is 2.98. The van der Waals surface area contributed by atoms with Crippen molar-refractivity contribution in [2.75, 3.05) is 0 Å². The van der Waals surface area contributed by atoms with Crippen LogP contribution in [0.2, 0.25) is 0 Å². The topological polar surface area (TPSA) is 0 Å². The summed E-state index contributed by atoms with van der Waals surface area (Å²) in [6, 6.07) is 9.19. The van der Waals surface area contributed by atoms with Gasteiger partial charge in [0.25, 0.3) is 0 Å². The fourth-order valence-electron chi connectivity index (χ4n) is 2.61. The van der Waals surface area contributed by atoms with E-state index in [0.29, 0.717) is 0 Å². The number of aryl methyl sites for hydroxylation is 2. The van der Waals surface area contributed by atoms with Crippen LogP contribution in [0.25, 0.3) is 0 Å². The molecule has 1 aromatic rings. The highest BCUT2D eigenvalue weighted by Crippen LogP contribution is 2.28. The number of benzene rings is 1. The maximum atomic E-state index is 2.31. The minimum atomic E-state index is 1.02. The van der Waals surface area contributed by atoms with Gasteiger partial charge in [0.1, 0.15) is 0 Å². The molecule has 1 aliphatic rings. The van der Waals surface area contributed by atoms with Crippen LogP contribution in [0, 0.1) is 5.92 Å². The SMILES string of the molecule is CCc1ccc(CCC2CCCC2)cc1. The Labute approximate surface area is 93.7 Å². The maximum Gasteiger partial charge on any atom is -0.0276 e. The van der Waals surface area contributed by atoms with Gasteiger partial charge in [0.2, 0.25) is 0 Å². The lowest BCUT2D eigenvalue weighted by Crippen LogP contribution is -1.96. The van der Waals surface area contributed by atoms with Crippen molar-refractivity contribution in [3.8, 4) is 0 Å². The summed E-state index contributed by atoms with van der Waals surface area (Å²) in [5, 5.41) is 0. The molecule has 0 aromatic heterocycles. The van der Waals surface area contributed by atoms with Crippen molar-refractivity contribution in [3.05, 3.63) is 35.4 Å². The van der Waals surface area contributed by atoms with Gasteiger partial charge < -0.3 is 0 Å². The molecule has 0 amide bonds. The molecule has 0 saturated heterocycles. The lowest BCUT2D eigenvalue weighted by molar-refractivity contribution is 0.504. The summed E-state index contributed by atoms with van der Waals surface area (Å²) in [4.78, 5) is 0. The summed E-state index contributed by atoms with van der Waals surface area (Å²) in [6.07, 6.45) is 9.75. The minimum Gasteiger partial charge on any atom is -0.0613 e. The molecule has 0 spiro atoms. The maximum absolute atomic E-state index is 2.31. The van der Waals surface area contributed by atoms with E-state index in [0.717, 1.165) is 12.3 Å². The predicted octanol–water partition coefficient (Wildman–Crippen LogP) is 4.37. The first-order chi connectivity index (χ1) is 7.38. The molecule has 15 heavy (non-hydrogen) atoms. The van der Waals surface area contributed by atoms with Gasteiger partial charge in [0.05, 0.1) is 0 Å². The highest BCUT2D eigenvalue weighted by Gasteiger charge is 2.14. The molecule has 0 heteroatoms. The third kappa shape index (κ3) is 3.09. The van der Waals surface area contributed by atoms with Gasteiger partial charge in [-0.3, -0.25) is 0 Å². The van der Waals surface area contributed by atoms with Crippen LogP contribution in [-0.2, 0) is 12.8 Å². The summed E-state index contributed by atoms with van der Waals surface area (Å²) < 4.78 is 0. The molecule has 0 unspecified atom stereocenters. The summed E-state index contributed by atoms with van der Waals surface area (Å²) in [7, 11) is 0. The Bertz CT molecular complexity index is 277. The van der Waals surface area contributed by atoms with Gasteiger partial charge >= 0.3 is 0 Å². The monoisotopic (exact) mass is 202 g/mol. The molecule has 0 aliphatic heterocycles. The van der Waals surface area contributed by atoms with Crippen LogP contribution in [0.5, 0.6) is 0 Å². The summed E-state index contributed by atoms with van der Waals surface area (Å²) in [6.45, 7) is 2.22. The zero-order valence-electron chi connectivity index (χ0n) is 9.84. The van der Waals surface area contributed by atoms with Gasteiger partial charge in [-0.25, -0.2) is 0 Å². The average molecular weight is 202 g/mol. The van der Waals surface area contributed by atoms with E-state index in [1.165, 1.54) is 49.7 Å². The molecule has 1 aromatic carbocycles. The average Bonchev–Trinajstić information content (AvgIpc) is 2.80. The van der Waals surface area contributed by atoms with Crippen molar-refractivity contribution in [2.24, 2.45) is 5.92 Å². The van der Waals surface area contributed by atoms with E-state index in [1.54, 1.807) is 0 Å². The smallest absolute Gasteiger partial charge is 0.0276 e. The van der Waals surface area contributed by atoms with Gasteiger partial charge in [-0.15, -0.1) is 0 Å². The van der Waals surface area contributed by atoms with E-state index in [4.69, 9.17) is 0 Å². The fraction of sp³-hybridized carbons (Fsp3) is 0.600. The Morgan fingerprint density at radius 3 is 2.20 bits per heavy atom. The van der Waals surface area contributed by atoms with Crippen molar-refractivity contribution in [1.82, 2.24) is 0 Å². The van der Waals surface area contributed by atoms with Crippen molar-refractivity contribution < 1.29 is 0 Å². The molecule has 0 radical (unpaired) electrons. The number of hydrogen-bond acceptors (Lipinski definition) is 0. The zero-order valence-corrected chi connectivity index (χ0v) is 9.84. The lowest BCUT2D eigenvalue weighted by atomic mass is 9.97. The van der Waals surface area contributed by atoms with Crippen LogP contribution in [-0.4, -0.2) is 0 Å². The molecular weight excluding hydrogens is 180 g/mol. The molecule has 2 rings (SSSR count). The van der Waals surface area contributed by atoms with E-state index in [1.807, 2.05) is 0 Å². The molecule has 0 nitrogen and oxygen atoms in total. The van der Waals surface area contributed by atoms with Gasteiger partial charge in [-0.05, 0) is 36.3 Å². The molecule has 0 N–H and O–H groups in total. The highest BCUT2D eigenvalue weighted by atomic mass is 14.2. The highest BCUT2D eigenvalue weighted by molar-refractivity contribution is 5.22. The third-order valence-corrected chi connectivity index (χ3v) is 3.75. The second-order valence-corrected chi connectivity index (χ2v) is 4.86. The second-order valence-electron chi connectivity index (χ2n) is 4.86. The Hall–Kier alpha value is -0.780. The first kappa shape index (κ1) is 10.7. The molecule has 1 saturated carbocycles. The molecule has 82 valence electrons. The molecule has 1 aliphatic carbocycles. The standard InChI is InChI=1S/C15H22/c1-2-13-7-9-15(10-8-13)12-11-14-5-3-4-6-14/h7-10,14H,2-6,11-12H2,1H3. The van der Waals surface area contributed by atoms with Gasteiger partial charge in [0.15, 0.2) is 0 Å². The van der Waals surface area contributed by atoms with Crippen molar-refractivity contribution >= 4 is 0 Å². The normalized spacial score (nSPS) is 17.1. The van der Waals surface area contributed by atoms with Crippen LogP contribution in [0.3, 0.4) is 0 Å². The van der Waals surface area contributed by atoms with Crippen molar-refractivity contribution in [1.29, 1.82) is 0 Å². The number of rotatable bonds is 4. The quantitative estimate of drug-likeness (QED) is 0.680. The Morgan fingerprint density at radius 1 is 1.00 bits per heavy atom. The minimum absolute atomic E-state index is 1.02. The van der Waals surface area contributed by atoms with E-state index < -0.39 is 0 Å². The first-order valence-electron chi connectivity index (χ1n) is 6.46. The Balaban J connectivity index is 1.82. The van der Waals surface area contributed by atoms with E-state index in [-0.39, 0.29) is 0 Å². The summed E-state index contributed by atoms with van der Waals surface area (Å²) >= 11 is 0. The van der Waals surface area contributed by atoms with Crippen LogP contribution in [0.1, 0.15) is 50.2 Å². The molecular formula is C15H22. The van der Waals surface area contributed by atoms with E-state index in [9.17, 15) is 0 Å². The van der Waals surface area contributed by atoms with Crippen LogP contribution in [0.4, 0.5) is 0 Å².